The van der Waals surface area contributed by atoms with Crippen LogP contribution >= 0.6 is 0 Å². The standard InChI is InChI=1S/C16H20O3/c1-4-5-10-19-14-11-15(17-2)16(18-3)13-9-7-6-8-12(13)14/h6-9,11H,4-5,10H2,1-3H3. The van der Waals surface area contributed by atoms with Crippen LogP contribution < -0.4 is 14.2 Å². The Hall–Kier alpha value is -1.90. The maximum atomic E-state index is 5.87. The van der Waals surface area contributed by atoms with E-state index in [1.54, 1.807) is 14.2 Å². The van der Waals surface area contributed by atoms with Crippen molar-refractivity contribution in [1.82, 2.24) is 0 Å². The van der Waals surface area contributed by atoms with Crippen LogP contribution in [0.1, 0.15) is 19.8 Å². The highest BCUT2D eigenvalue weighted by Gasteiger charge is 2.13. The van der Waals surface area contributed by atoms with Crippen LogP contribution in [0.15, 0.2) is 30.3 Å². The summed E-state index contributed by atoms with van der Waals surface area (Å²) >= 11 is 0. The van der Waals surface area contributed by atoms with Gasteiger partial charge in [0.1, 0.15) is 5.75 Å². The third-order valence-corrected chi connectivity index (χ3v) is 3.10. The van der Waals surface area contributed by atoms with E-state index in [1.807, 2.05) is 30.3 Å². The van der Waals surface area contributed by atoms with E-state index in [0.29, 0.717) is 5.75 Å². The van der Waals surface area contributed by atoms with Crippen molar-refractivity contribution < 1.29 is 14.2 Å². The number of methoxy groups -OCH3 is 2. The second-order valence-corrected chi connectivity index (χ2v) is 4.36. The molecule has 0 bridgehead atoms. The van der Waals surface area contributed by atoms with Crippen LogP contribution in [0, 0.1) is 0 Å². The Balaban J connectivity index is 2.50. The summed E-state index contributed by atoms with van der Waals surface area (Å²) in [4.78, 5) is 0. The summed E-state index contributed by atoms with van der Waals surface area (Å²) in [6, 6.07) is 9.94. The molecule has 0 aromatic heterocycles. The highest BCUT2D eigenvalue weighted by molar-refractivity contribution is 5.95. The largest absolute Gasteiger partial charge is 0.493 e. The van der Waals surface area contributed by atoms with E-state index in [4.69, 9.17) is 14.2 Å². The first kappa shape index (κ1) is 13.5. The molecule has 0 radical (unpaired) electrons. The number of hydrogen-bond acceptors (Lipinski definition) is 3. The second kappa shape index (κ2) is 6.32. The predicted molar refractivity (Wildman–Crippen MR) is 77.5 cm³/mol. The Bertz CT molecular complexity index is 549. The molecule has 0 saturated heterocycles. The van der Waals surface area contributed by atoms with Crippen molar-refractivity contribution in [2.24, 2.45) is 0 Å². The van der Waals surface area contributed by atoms with Crippen LogP contribution in [0.25, 0.3) is 10.8 Å². The molecule has 2 aromatic carbocycles. The number of ether oxygens (including phenoxy) is 3. The molecule has 3 nitrogen and oxygen atoms in total. The van der Waals surface area contributed by atoms with Gasteiger partial charge in [-0.2, -0.15) is 0 Å². The molecule has 0 aliphatic rings. The Morgan fingerprint density at radius 2 is 1.68 bits per heavy atom. The highest BCUT2D eigenvalue weighted by Crippen LogP contribution is 2.41. The zero-order chi connectivity index (χ0) is 13.7. The lowest BCUT2D eigenvalue weighted by Gasteiger charge is -2.15. The third kappa shape index (κ3) is 2.75. The number of hydrogen-bond donors (Lipinski definition) is 0. The van der Waals surface area contributed by atoms with E-state index < -0.39 is 0 Å². The fourth-order valence-electron chi connectivity index (χ4n) is 2.10. The van der Waals surface area contributed by atoms with Crippen LogP contribution in [0.3, 0.4) is 0 Å². The SMILES string of the molecule is CCCCOc1cc(OC)c(OC)c2ccccc12. The molecular formula is C16H20O3. The van der Waals surface area contributed by atoms with Gasteiger partial charge in [-0.3, -0.25) is 0 Å². The molecule has 0 spiro atoms. The lowest BCUT2D eigenvalue weighted by molar-refractivity contribution is 0.308. The van der Waals surface area contributed by atoms with E-state index in [9.17, 15) is 0 Å². The minimum absolute atomic E-state index is 0.702. The Kier molecular flexibility index (Phi) is 4.50. The summed E-state index contributed by atoms with van der Waals surface area (Å²) in [5, 5.41) is 2.06. The van der Waals surface area contributed by atoms with Gasteiger partial charge in [0, 0.05) is 16.8 Å². The zero-order valence-corrected chi connectivity index (χ0v) is 11.7. The van der Waals surface area contributed by atoms with Crippen molar-refractivity contribution in [1.29, 1.82) is 0 Å². The molecule has 0 heterocycles. The van der Waals surface area contributed by atoms with Gasteiger partial charge in [-0.05, 0) is 6.42 Å². The molecule has 0 aliphatic carbocycles. The lowest BCUT2D eigenvalue weighted by Crippen LogP contribution is -1.99. The van der Waals surface area contributed by atoms with Gasteiger partial charge < -0.3 is 14.2 Å². The van der Waals surface area contributed by atoms with Gasteiger partial charge in [0.25, 0.3) is 0 Å². The first-order valence-electron chi connectivity index (χ1n) is 6.58. The smallest absolute Gasteiger partial charge is 0.168 e. The first-order chi connectivity index (χ1) is 9.31. The Labute approximate surface area is 114 Å². The molecule has 19 heavy (non-hydrogen) atoms. The third-order valence-electron chi connectivity index (χ3n) is 3.10. The molecule has 0 atom stereocenters. The normalized spacial score (nSPS) is 10.5. The van der Waals surface area contributed by atoms with Gasteiger partial charge in [0.15, 0.2) is 11.5 Å². The topological polar surface area (TPSA) is 27.7 Å². The fraction of sp³-hybridized carbons (Fsp3) is 0.375. The predicted octanol–water partition coefficient (Wildman–Crippen LogP) is 4.04. The van der Waals surface area contributed by atoms with Gasteiger partial charge in [-0.1, -0.05) is 37.6 Å². The van der Waals surface area contributed by atoms with Crippen molar-refractivity contribution in [3.63, 3.8) is 0 Å². The summed E-state index contributed by atoms with van der Waals surface area (Å²) < 4.78 is 16.7. The molecule has 0 unspecified atom stereocenters. The summed E-state index contributed by atoms with van der Waals surface area (Å²) in [6.45, 7) is 2.87. The lowest BCUT2D eigenvalue weighted by atomic mass is 10.1. The van der Waals surface area contributed by atoms with Gasteiger partial charge in [0.05, 0.1) is 20.8 Å². The van der Waals surface area contributed by atoms with Gasteiger partial charge in [-0.15, -0.1) is 0 Å². The van der Waals surface area contributed by atoms with Crippen molar-refractivity contribution in [2.75, 3.05) is 20.8 Å². The van der Waals surface area contributed by atoms with Crippen LogP contribution in [-0.4, -0.2) is 20.8 Å². The van der Waals surface area contributed by atoms with Crippen LogP contribution in [-0.2, 0) is 0 Å². The minimum atomic E-state index is 0.702. The summed E-state index contributed by atoms with van der Waals surface area (Å²) in [6.07, 6.45) is 2.16. The van der Waals surface area contributed by atoms with E-state index >= 15 is 0 Å². The number of fused-ring (bicyclic) bond motifs is 1. The Morgan fingerprint density at radius 1 is 0.947 bits per heavy atom. The van der Waals surface area contributed by atoms with E-state index in [1.165, 1.54) is 0 Å². The molecule has 0 aliphatic heterocycles. The maximum Gasteiger partial charge on any atom is 0.168 e. The van der Waals surface area contributed by atoms with Crippen molar-refractivity contribution in [3.05, 3.63) is 30.3 Å². The molecule has 0 saturated carbocycles. The van der Waals surface area contributed by atoms with E-state index in [2.05, 4.69) is 6.92 Å². The summed E-state index contributed by atoms with van der Waals surface area (Å²) in [5.41, 5.74) is 0. The van der Waals surface area contributed by atoms with Crippen molar-refractivity contribution >= 4 is 10.8 Å². The fourth-order valence-corrected chi connectivity index (χ4v) is 2.10. The second-order valence-electron chi connectivity index (χ2n) is 4.36. The Morgan fingerprint density at radius 3 is 2.32 bits per heavy atom. The number of benzene rings is 2. The molecule has 0 amide bonds. The van der Waals surface area contributed by atoms with Gasteiger partial charge in [-0.25, -0.2) is 0 Å². The average molecular weight is 260 g/mol. The van der Waals surface area contributed by atoms with Crippen LogP contribution in [0.4, 0.5) is 0 Å². The minimum Gasteiger partial charge on any atom is -0.493 e. The zero-order valence-electron chi connectivity index (χ0n) is 11.7. The van der Waals surface area contributed by atoms with Crippen LogP contribution in [0.2, 0.25) is 0 Å². The molecule has 2 rings (SSSR count). The molecule has 0 fully saturated rings. The summed E-state index contributed by atoms with van der Waals surface area (Å²) in [5.74, 6) is 2.30. The molecule has 3 heteroatoms. The van der Waals surface area contributed by atoms with Crippen molar-refractivity contribution in [2.45, 2.75) is 19.8 Å². The molecule has 0 N–H and O–H groups in total. The first-order valence-corrected chi connectivity index (χ1v) is 6.58. The van der Waals surface area contributed by atoms with Crippen LogP contribution in [0.5, 0.6) is 17.2 Å². The molecular weight excluding hydrogens is 240 g/mol. The van der Waals surface area contributed by atoms with Gasteiger partial charge >= 0.3 is 0 Å². The number of rotatable bonds is 6. The maximum absolute atomic E-state index is 5.87. The summed E-state index contributed by atoms with van der Waals surface area (Å²) in [7, 11) is 3.30. The van der Waals surface area contributed by atoms with E-state index in [-0.39, 0.29) is 0 Å². The monoisotopic (exact) mass is 260 g/mol. The molecule has 102 valence electrons. The van der Waals surface area contributed by atoms with Gasteiger partial charge in [0.2, 0.25) is 0 Å². The average Bonchev–Trinajstić information content (AvgIpc) is 2.46. The number of unbranched alkanes of at least 4 members (excludes halogenated alkanes) is 1. The van der Waals surface area contributed by atoms with E-state index in [0.717, 1.165) is 41.7 Å². The quantitative estimate of drug-likeness (QED) is 0.734. The van der Waals surface area contributed by atoms with Crippen molar-refractivity contribution in [3.8, 4) is 17.2 Å². The molecule has 2 aromatic rings. The highest BCUT2D eigenvalue weighted by atomic mass is 16.5.